The molecule has 0 rings (SSSR count). The summed E-state index contributed by atoms with van der Waals surface area (Å²) in [7, 11) is 0. The molecule has 5 nitrogen and oxygen atoms in total. The molecular formula is C10H21NO4. The quantitative estimate of drug-likeness (QED) is 0.487. The molecule has 0 aliphatic rings. The van der Waals surface area contributed by atoms with Crippen molar-refractivity contribution in [3.05, 3.63) is 0 Å². The molecule has 2 unspecified atom stereocenters. The van der Waals surface area contributed by atoms with Crippen LogP contribution in [0.15, 0.2) is 0 Å². The number of aliphatic hydroxyl groups excluding tert-OH is 2. The number of aliphatic hydroxyl groups is 2. The predicted molar refractivity (Wildman–Crippen MR) is 56.4 cm³/mol. The lowest BCUT2D eigenvalue weighted by atomic mass is 10.2. The van der Waals surface area contributed by atoms with Gasteiger partial charge in [0.15, 0.2) is 0 Å². The van der Waals surface area contributed by atoms with Crippen molar-refractivity contribution in [1.29, 1.82) is 0 Å². The molecule has 0 spiro atoms. The van der Waals surface area contributed by atoms with Crippen LogP contribution in [0.4, 0.5) is 0 Å². The van der Waals surface area contributed by atoms with Crippen molar-refractivity contribution >= 4 is 5.97 Å². The van der Waals surface area contributed by atoms with Crippen LogP contribution in [-0.4, -0.2) is 48.1 Å². The maximum absolute atomic E-state index is 11.0. The van der Waals surface area contributed by atoms with Crippen molar-refractivity contribution in [2.45, 2.75) is 38.8 Å². The SMILES string of the molecule is CCOC(=O)CC(O)CNC(C)CCO. The zero-order chi connectivity index (χ0) is 11.7. The Kier molecular flexibility index (Phi) is 8.27. The summed E-state index contributed by atoms with van der Waals surface area (Å²) >= 11 is 0. The van der Waals surface area contributed by atoms with E-state index in [1.807, 2.05) is 6.92 Å². The molecule has 0 aliphatic heterocycles. The summed E-state index contributed by atoms with van der Waals surface area (Å²) in [6.07, 6.45) is -0.0936. The molecule has 0 fully saturated rings. The zero-order valence-electron chi connectivity index (χ0n) is 9.40. The van der Waals surface area contributed by atoms with E-state index in [1.165, 1.54) is 0 Å². The van der Waals surface area contributed by atoms with Crippen LogP contribution in [0.1, 0.15) is 26.7 Å². The van der Waals surface area contributed by atoms with Crippen LogP contribution in [0.5, 0.6) is 0 Å². The van der Waals surface area contributed by atoms with E-state index >= 15 is 0 Å². The van der Waals surface area contributed by atoms with Gasteiger partial charge < -0.3 is 20.3 Å². The lowest BCUT2D eigenvalue weighted by Crippen LogP contribution is -2.35. The monoisotopic (exact) mass is 219 g/mol. The van der Waals surface area contributed by atoms with E-state index < -0.39 is 6.10 Å². The van der Waals surface area contributed by atoms with Crippen LogP contribution in [0.2, 0.25) is 0 Å². The Morgan fingerprint density at radius 2 is 2.20 bits per heavy atom. The van der Waals surface area contributed by atoms with Crippen LogP contribution in [-0.2, 0) is 9.53 Å². The highest BCUT2D eigenvalue weighted by molar-refractivity contribution is 5.69. The number of esters is 1. The minimum atomic E-state index is -0.731. The van der Waals surface area contributed by atoms with Gasteiger partial charge in [0, 0.05) is 19.2 Å². The molecule has 0 bridgehead atoms. The molecule has 0 saturated carbocycles. The molecule has 0 aromatic heterocycles. The molecule has 0 radical (unpaired) electrons. The van der Waals surface area contributed by atoms with Gasteiger partial charge in [0.2, 0.25) is 0 Å². The van der Waals surface area contributed by atoms with Gasteiger partial charge in [0.25, 0.3) is 0 Å². The largest absolute Gasteiger partial charge is 0.466 e. The number of hydrogen-bond donors (Lipinski definition) is 3. The van der Waals surface area contributed by atoms with Crippen LogP contribution in [0.25, 0.3) is 0 Å². The second-order valence-corrected chi connectivity index (χ2v) is 3.48. The molecule has 0 amide bonds. The van der Waals surface area contributed by atoms with Crippen LogP contribution < -0.4 is 5.32 Å². The standard InChI is InChI=1S/C10H21NO4/c1-3-15-10(14)6-9(13)7-11-8(2)4-5-12/h8-9,11-13H,3-7H2,1-2H3. The molecule has 0 saturated heterocycles. The normalized spacial score (nSPS) is 14.7. The molecule has 15 heavy (non-hydrogen) atoms. The molecule has 0 heterocycles. The summed E-state index contributed by atoms with van der Waals surface area (Å²) in [6, 6.07) is 0.131. The van der Waals surface area contributed by atoms with E-state index in [0.717, 1.165) is 0 Å². The highest BCUT2D eigenvalue weighted by atomic mass is 16.5. The van der Waals surface area contributed by atoms with Crippen molar-refractivity contribution in [1.82, 2.24) is 5.32 Å². The number of carbonyl (C=O) groups is 1. The number of nitrogens with one attached hydrogen (secondary N) is 1. The zero-order valence-corrected chi connectivity index (χ0v) is 9.40. The summed E-state index contributed by atoms with van der Waals surface area (Å²) in [5.41, 5.74) is 0. The van der Waals surface area contributed by atoms with Crippen LogP contribution >= 0.6 is 0 Å². The van der Waals surface area contributed by atoms with Crippen LogP contribution in [0.3, 0.4) is 0 Å². The number of rotatable bonds is 8. The Balaban J connectivity index is 3.56. The second-order valence-electron chi connectivity index (χ2n) is 3.48. The fourth-order valence-corrected chi connectivity index (χ4v) is 1.12. The first-order chi connectivity index (χ1) is 7.10. The summed E-state index contributed by atoms with van der Waals surface area (Å²) in [5, 5.41) is 21.1. The molecule has 2 atom stereocenters. The molecule has 0 aromatic carbocycles. The Bertz CT molecular complexity index is 175. The van der Waals surface area contributed by atoms with E-state index in [-0.39, 0.29) is 25.0 Å². The van der Waals surface area contributed by atoms with E-state index in [1.54, 1.807) is 6.92 Å². The number of ether oxygens (including phenoxy) is 1. The average molecular weight is 219 g/mol. The summed E-state index contributed by atoms with van der Waals surface area (Å²) < 4.78 is 4.70. The van der Waals surface area contributed by atoms with E-state index in [2.05, 4.69) is 5.32 Å². The second kappa shape index (κ2) is 8.64. The van der Waals surface area contributed by atoms with Crippen molar-refractivity contribution in [3.8, 4) is 0 Å². The Hall–Kier alpha value is -0.650. The van der Waals surface area contributed by atoms with Gasteiger partial charge in [-0.3, -0.25) is 4.79 Å². The first-order valence-electron chi connectivity index (χ1n) is 5.28. The third-order valence-corrected chi connectivity index (χ3v) is 1.97. The molecule has 0 aliphatic carbocycles. The topological polar surface area (TPSA) is 78.8 Å². The first kappa shape index (κ1) is 14.3. The highest BCUT2D eigenvalue weighted by Crippen LogP contribution is 1.95. The minimum absolute atomic E-state index is 0.00663. The van der Waals surface area contributed by atoms with Gasteiger partial charge in [-0.2, -0.15) is 0 Å². The number of hydrogen-bond acceptors (Lipinski definition) is 5. The first-order valence-corrected chi connectivity index (χ1v) is 5.28. The molecule has 90 valence electrons. The summed E-state index contributed by atoms with van der Waals surface area (Å²) in [4.78, 5) is 11.0. The molecule has 5 heteroatoms. The van der Waals surface area contributed by atoms with E-state index in [9.17, 15) is 9.90 Å². The van der Waals surface area contributed by atoms with Gasteiger partial charge in [-0.1, -0.05) is 0 Å². The van der Waals surface area contributed by atoms with Gasteiger partial charge in [-0.05, 0) is 20.3 Å². The van der Waals surface area contributed by atoms with Crippen molar-refractivity contribution in [2.75, 3.05) is 19.8 Å². The van der Waals surface area contributed by atoms with E-state index in [4.69, 9.17) is 9.84 Å². The fourth-order valence-electron chi connectivity index (χ4n) is 1.12. The predicted octanol–water partition coefficient (Wildman–Crippen LogP) is -0.339. The third kappa shape index (κ3) is 8.35. The highest BCUT2D eigenvalue weighted by Gasteiger charge is 2.12. The Labute approximate surface area is 90.4 Å². The molecular weight excluding hydrogens is 198 g/mol. The Morgan fingerprint density at radius 1 is 1.53 bits per heavy atom. The lowest BCUT2D eigenvalue weighted by molar-refractivity contribution is -0.145. The maximum atomic E-state index is 11.0. The van der Waals surface area contributed by atoms with Gasteiger partial charge >= 0.3 is 5.97 Å². The molecule has 0 aromatic rings. The summed E-state index contributed by atoms with van der Waals surface area (Å²) in [6.45, 7) is 4.42. The van der Waals surface area contributed by atoms with Gasteiger partial charge in [-0.15, -0.1) is 0 Å². The van der Waals surface area contributed by atoms with Gasteiger partial charge in [0.05, 0.1) is 19.1 Å². The third-order valence-electron chi connectivity index (χ3n) is 1.97. The van der Waals surface area contributed by atoms with Crippen LogP contribution in [0, 0.1) is 0 Å². The average Bonchev–Trinajstić information content (AvgIpc) is 2.15. The number of carbonyl (C=O) groups excluding carboxylic acids is 1. The van der Waals surface area contributed by atoms with Crippen molar-refractivity contribution in [2.24, 2.45) is 0 Å². The van der Waals surface area contributed by atoms with Crippen molar-refractivity contribution < 1.29 is 19.7 Å². The molecule has 3 N–H and O–H groups in total. The summed E-state index contributed by atoms with van der Waals surface area (Å²) in [5.74, 6) is -0.387. The Morgan fingerprint density at radius 3 is 2.73 bits per heavy atom. The lowest BCUT2D eigenvalue weighted by Gasteiger charge is -2.15. The fraction of sp³-hybridized carbons (Fsp3) is 0.900. The van der Waals surface area contributed by atoms with E-state index in [0.29, 0.717) is 19.6 Å². The van der Waals surface area contributed by atoms with Gasteiger partial charge in [0.1, 0.15) is 0 Å². The van der Waals surface area contributed by atoms with Crippen molar-refractivity contribution in [3.63, 3.8) is 0 Å². The maximum Gasteiger partial charge on any atom is 0.308 e. The smallest absolute Gasteiger partial charge is 0.308 e. The minimum Gasteiger partial charge on any atom is -0.466 e. The van der Waals surface area contributed by atoms with Gasteiger partial charge in [-0.25, -0.2) is 0 Å².